The molecule has 112 valence electrons. The van der Waals surface area contributed by atoms with Crippen molar-refractivity contribution >= 4 is 49.1 Å². The predicted octanol–water partition coefficient (Wildman–Crippen LogP) is 6.27. The highest BCUT2D eigenvalue weighted by molar-refractivity contribution is 9.11. The topological polar surface area (TPSA) is 21.3 Å². The van der Waals surface area contributed by atoms with Crippen molar-refractivity contribution in [2.24, 2.45) is 0 Å². The molecule has 0 spiro atoms. The molecule has 0 radical (unpaired) electrons. The molecule has 0 saturated heterocycles. The number of hydrogen-bond donors (Lipinski definition) is 1. The molecule has 0 aliphatic carbocycles. The van der Waals surface area contributed by atoms with E-state index in [1.807, 2.05) is 24.3 Å². The van der Waals surface area contributed by atoms with E-state index in [0.717, 1.165) is 37.4 Å². The summed E-state index contributed by atoms with van der Waals surface area (Å²) < 4.78 is 7.62. The minimum atomic E-state index is 0.706. The van der Waals surface area contributed by atoms with Crippen LogP contribution in [-0.4, -0.2) is 6.61 Å². The summed E-state index contributed by atoms with van der Waals surface area (Å²) in [5, 5.41) is 4.08. The first kappa shape index (κ1) is 16.7. The first-order valence-electron chi connectivity index (χ1n) is 6.70. The van der Waals surface area contributed by atoms with E-state index in [1.165, 1.54) is 0 Å². The molecule has 0 saturated carbocycles. The summed E-state index contributed by atoms with van der Waals surface area (Å²) in [5.41, 5.74) is 2.15. The maximum Gasteiger partial charge on any atom is 0.147 e. The van der Waals surface area contributed by atoms with Gasteiger partial charge in [-0.2, -0.15) is 0 Å². The molecule has 0 fully saturated rings. The number of halogens is 3. The van der Waals surface area contributed by atoms with Gasteiger partial charge in [-0.05, 0) is 74.2 Å². The molecule has 5 heteroatoms. The van der Waals surface area contributed by atoms with Crippen molar-refractivity contribution in [3.63, 3.8) is 0 Å². The summed E-state index contributed by atoms with van der Waals surface area (Å²) in [6, 6.07) is 11.8. The highest BCUT2D eigenvalue weighted by Gasteiger charge is 2.09. The number of ether oxygens (including phenoxy) is 1. The molecule has 0 aliphatic rings. The average molecular weight is 434 g/mol. The van der Waals surface area contributed by atoms with E-state index in [2.05, 4.69) is 56.2 Å². The molecule has 2 nitrogen and oxygen atoms in total. The third-order valence-electron chi connectivity index (χ3n) is 2.83. The molecule has 2 rings (SSSR count). The average Bonchev–Trinajstić information content (AvgIpc) is 2.44. The largest absolute Gasteiger partial charge is 0.491 e. The normalized spacial score (nSPS) is 10.5. The molecule has 21 heavy (non-hydrogen) atoms. The number of hydrogen-bond acceptors (Lipinski definition) is 2. The third-order valence-corrected chi connectivity index (χ3v) is 4.24. The van der Waals surface area contributed by atoms with Gasteiger partial charge in [0, 0.05) is 17.3 Å². The lowest BCUT2D eigenvalue weighted by Crippen LogP contribution is -2.01. The zero-order valence-electron chi connectivity index (χ0n) is 11.6. The Morgan fingerprint density at radius 1 is 1.14 bits per heavy atom. The second-order valence-electron chi connectivity index (χ2n) is 4.60. The van der Waals surface area contributed by atoms with E-state index < -0.39 is 0 Å². The SMILES string of the molecule is CCCOc1c(Br)cc(CNc2cccc(Cl)c2)cc1Br. The molecule has 0 unspecified atom stereocenters. The van der Waals surface area contributed by atoms with Gasteiger partial charge in [-0.3, -0.25) is 0 Å². The Morgan fingerprint density at radius 2 is 1.86 bits per heavy atom. The van der Waals surface area contributed by atoms with Crippen LogP contribution in [0.15, 0.2) is 45.3 Å². The van der Waals surface area contributed by atoms with Crippen LogP contribution in [0.1, 0.15) is 18.9 Å². The van der Waals surface area contributed by atoms with Gasteiger partial charge in [-0.15, -0.1) is 0 Å². The number of anilines is 1. The summed E-state index contributed by atoms with van der Waals surface area (Å²) in [4.78, 5) is 0. The molecular formula is C16H16Br2ClNO. The Labute approximate surface area is 147 Å². The lowest BCUT2D eigenvalue weighted by Gasteiger charge is -2.13. The van der Waals surface area contributed by atoms with Crippen molar-refractivity contribution in [3.8, 4) is 5.75 Å². The summed E-state index contributed by atoms with van der Waals surface area (Å²) in [6.45, 7) is 3.51. The van der Waals surface area contributed by atoms with Gasteiger partial charge in [-0.1, -0.05) is 24.6 Å². The smallest absolute Gasteiger partial charge is 0.147 e. The maximum absolute atomic E-state index is 5.97. The lowest BCUT2D eigenvalue weighted by molar-refractivity contribution is 0.313. The summed E-state index contributed by atoms with van der Waals surface area (Å²) in [6.07, 6.45) is 0.983. The third kappa shape index (κ3) is 4.90. The maximum atomic E-state index is 5.97. The van der Waals surface area contributed by atoms with Gasteiger partial charge in [0.1, 0.15) is 5.75 Å². The highest BCUT2D eigenvalue weighted by atomic mass is 79.9. The van der Waals surface area contributed by atoms with Crippen LogP contribution in [0.2, 0.25) is 5.02 Å². The zero-order chi connectivity index (χ0) is 15.2. The van der Waals surface area contributed by atoms with Crippen LogP contribution >= 0.6 is 43.5 Å². The highest BCUT2D eigenvalue weighted by Crippen LogP contribution is 2.35. The van der Waals surface area contributed by atoms with Crippen molar-refractivity contribution < 1.29 is 4.74 Å². The van der Waals surface area contributed by atoms with Crippen LogP contribution in [0.25, 0.3) is 0 Å². The van der Waals surface area contributed by atoms with Gasteiger partial charge >= 0.3 is 0 Å². The van der Waals surface area contributed by atoms with Crippen molar-refractivity contribution in [1.29, 1.82) is 0 Å². The molecular weight excluding hydrogens is 417 g/mol. The first-order chi connectivity index (χ1) is 10.1. The fraction of sp³-hybridized carbons (Fsp3) is 0.250. The molecule has 0 heterocycles. The molecule has 0 aliphatic heterocycles. The van der Waals surface area contributed by atoms with Gasteiger partial charge in [0.25, 0.3) is 0 Å². The Morgan fingerprint density at radius 3 is 2.48 bits per heavy atom. The molecule has 0 amide bonds. The molecule has 0 atom stereocenters. The summed E-state index contributed by atoms with van der Waals surface area (Å²) in [5.74, 6) is 0.850. The zero-order valence-corrected chi connectivity index (χ0v) is 15.6. The van der Waals surface area contributed by atoms with E-state index in [-0.39, 0.29) is 0 Å². The van der Waals surface area contributed by atoms with E-state index in [0.29, 0.717) is 13.2 Å². The van der Waals surface area contributed by atoms with Crippen molar-refractivity contribution in [2.75, 3.05) is 11.9 Å². The fourth-order valence-corrected chi connectivity index (χ4v) is 3.56. The predicted molar refractivity (Wildman–Crippen MR) is 96.4 cm³/mol. The quantitative estimate of drug-likeness (QED) is 0.580. The van der Waals surface area contributed by atoms with Crippen molar-refractivity contribution in [1.82, 2.24) is 0 Å². The fourth-order valence-electron chi connectivity index (χ4n) is 1.86. The molecule has 0 bridgehead atoms. The van der Waals surface area contributed by atoms with Gasteiger partial charge in [-0.25, -0.2) is 0 Å². The van der Waals surface area contributed by atoms with Crippen molar-refractivity contribution in [2.45, 2.75) is 19.9 Å². The van der Waals surface area contributed by atoms with Gasteiger partial charge in [0.2, 0.25) is 0 Å². The van der Waals surface area contributed by atoms with Crippen molar-refractivity contribution in [3.05, 3.63) is 55.9 Å². The first-order valence-corrected chi connectivity index (χ1v) is 8.66. The minimum absolute atomic E-state index is 0.706. The molecule has 2 aromatic carbocycles. The molecule has 0 aromatic heterocycles. The summed E-state index contributed by atoms with van der Waals surface area (Å²) >= 11 is 13.1. The van der Waals surface area contributed by atoms with Crippen LogP contribution < -0.4 is 10.1 Å². The lowest BCUT2D eigenvalue weighted by atomic mass is 10.2. The second kappa shape index (κ2) is 8.06. The van der Waals surface area contributed by atoms with Crippen LogP contribution in [0, 0.1) is 0 Å². The number of rotatable bonds is 6. The Balaban J connectivity index is 2.07. The standard InChI is InChI=1S/C16H16Br2ClNO/c1-2-6-21-16-14(17)7-11(8-15(16)18)10-20-13-5-3-4-12(19)9-13/h3-5,7-9,20H,2,6,10H2,1H3. The van der Waals surface area contributed by atoms with E-state index in [1.54, 1.807) is 0 Å². The van der Waals surface area contributed by atoms with Crippen LogP contribution in [-0.2, 0) is 6.54 Å². The van der Waals surface area contributed by atoms with Gasteiger partial charge in [0.15, 0.2) is 0 Å². The number of nitrogens with one attached hydrogen (secondary N) is 1. The van der Waals surface area contributed by atoms with E-state index in [9.17, 15) is 0 Å². The van der Waals surface area contributed by atoms with Gasteiger partial charge in [0.05, 0.1) is 15.6 Å². The Bertz CT molecular complexity index is 596. The molecule has 1 N–H and O–H groups in total. The summed E-state index contributed by atoms with van der Waals surface area (Å²) in [7, 11) is 0. The second-order valence-corrected chi connectivity index (χ2v) is 6.75. The monoisotopic (exact) mass is 431 g/mol. The van der Waals surface area contributed by atoms with E-state index in [4.69, 9.17) is 16.3 Å². The van der Waals surface area contributed by atoms with Gasteiger partial charge < -0.3 is 10.1 Å². The Hall–Kier alpha value is -0.710. The van der Waals surface area contributed by atoms with Crippen LogP contribution in [0.3, 0.4) is 0 Å². The molecule has 2 aromatic rings. The minimum Gasteiger partial charge on any atom is -0.491 e. The van der Waals surface area contributed by atoms with Crippen LogP contribution in [0.4, 0.5) is 5.69 Å². The number of benzene rings is 2. The Kier molecular flexibility index (Phi) is 6.40. The van der Waals surface area contributed by atoms with Crippen LogP contribution in [0.5, 0.6) is 5.75 Å². The van der Waals surface area contributed by atoms with E-state index >= 15 is 0 Å².